The van der Waals surface area contributed by atoms with Crippen molar-refractivity contribution in [1.82, 2.24) is 10.2 Å². The molecule has 0 aromatic heterocycles. The Kier molecular flexibility index (Phi) is 11.4. The number of benzene rings is 3. The maximum Gasteiger partial charge on any atom is 0.264 e. The van der Waals surface area contributed by atoms with Crippen LogP contribution >= 0.6 is 0 Å². The van der Waals surface area contributed by atoms with E-state index in [-0.39, 0.29) is 23.4 Å². The topological polar surface area (TPSA) is 105 Å². The Morgan fingerprint density at radius 2 is 1.60 bits per heavy atom. The number of rotatable bonds is 14. The molecule has 3 rings (SSSR count). The highest BCUT2D eigenvalue weighted by atomic mass is 32.2. The van der Waals surface area contributed by atoms with Crippen LogP contribution in [0.15, 0.2) is 77.7 Å². The van der Waals surface area contributed by atoms with Gasteiger partial charge >= 0.3 is 0 Å². The number of anilines is 1. The number of nitrogens with zero attached hydrogens (tertiary/aromatic N) is 2. The SMILES string of the molecule is CCOc1ccc(N(CC(=O)N(Cc2cccc(OC)c2)[C@H](C)C(=O)N[C@@H](C)CC)S(=O)(=O)c2ccc(C)cc2)cc1. The summed E-state index contributed by atoms with van der Waals surface area (Å²) in [7, 11) is -2.60. The van der Waals surface area contributed by atoms with Gasteiger partial charge in [0.15, 0.2) is 0 Å². The number of amides is 2. The summed E-state index contributed by atoms with van der Waals surface area (Å²) in [5.41, 5.74) is 1.94. The normalized spacial score (nSPS) is 12.6. The van der Waals surface area contributed by atoms with E-state index in [0.29, 0.717) is 23.8 Å². The molecule has 0 fully saturated rings. The van der Waals surface area contributed by atoms with Crippen molar-refractivity contribution in [3.05, 3.63) is 83.9 Å². The van der Waals surface area contributed by atoms with Crippen LogP contribution in [0.25, 0.3) is 0 Å². The van der Waals surface area contributed by atoms with E-state index >= 15 is 0 Å². The van der Waals surface area contributed by atoms with E-state index in [9.17, 15) is 18.0 Å². The molecule has 226 valence electrons. The van der Waals surface area contributed by atoms with Crippen LogP contribution < -0.4 is 19.1 Å². The number of sulfonamides is 1. The van der Waals surface area contributed by atoms with Crippen LogP contribution in [0, 0.1) is 6.92 Å². The molecule has 10 heteroatoms. The highest BCUT2D eigenvalue weighted by Crippen LogP contribution is 2.27. The number of ether oxygens (including phenoxy) is 2. The van der Waals surface area contributed by atoms with Crippen LogP contribution in [0.3, 0.4) is 0 Å². The molecule has 42 heavy (non-hydrogen) atoms. The van der Waals surface area contributed by atoms with Gasteiger partial charge < -0.3 is 19.7 Å². The maximum atomic E-state index is 14.1. The van der Waals surface area contributed by atoms with Crippen molar-refractivity contribution in [2.75, 3.05) is 24.6 Å². The van der Waals surface area contributed by atoms with Gasteiger partial charge in [-0.05, 0) is 88.2 Å². The molecule has 0 radical (unpaired) electrons. The second kappa shape index (κ2) is 14.7. The van der Waals surface area contributed by atoms with E-state index in [1.54, 1.807) is 68.6 Å². The van der Waals surface area contributed by atoms with E-state index in [0.717, 1.165) is 21.9 Å². The number of nitrogens with one attached hydrogen (secondary N) is 1. The Bertz CT molecular complexity index is 1440. The Morgan fingerprint density at radius 1 is 0.929 bits per heavy atom. The van der Waals surface area contributed by atoms with Crippen molar-refractivity contribution in [2.45, 2.75) is 64.6 Å². The Balaban J connectivity index is 2.04. The van der Waals surface area contributed by atoms with Crippen molar-refractivity contribution in [3.63, 3.8) is 0 Å². The van der Waals surface area contributed by atoms with Gasteiger partial charge in [0.25, 0.3) is 10.0 Å². The minimum absolute atomic E-state index is 0.0525. The van der Waals surface area contributed by atoms with E-state index < -0.39 is 28.5 Å². The molecule has 3 aromatic carbocycles. The molecular formula is C32H41N3O6S. The molecule has 2 amide bonds. The predicted octanol–water partition coefficient (Wildman–Crippen LogP) is 4.93. The predicted molar refractivity (Wildman–Crippen MR) is 164 cm³/mol. The van der Waals surface area contributed by atoms with Gasteiger partial charge in [-0.2, -0.15) is 0 Å². The molecule has 0 aliphatic carbocycles. The maximum absolute atomic E-state index is 14.1. The largest absolute Gasteiger partial charge is 0.497 e. The molecule has 0 saturated heterocycles. The van der Waals surface area contributed by atoms with E-state index in [2.05, 4.69) is 5.32 Å². The number of hydrogen-bond acceptors (Lipinski definition) is 6. The van der Waals surface area contributed by atoms with Gasteiger partial charge in [0.1, 0.15) is 24.1 Å². The molecule has 0 aliphatic rings. The second-order valence-corrected chi connectivity index (χ2v) is 12.0. The lowest BCUT2D eigenvalue weighted by atomic mass is 10.1. The van der Waals surface area contributed by atoms with Gasteiger partial charge in [0.05, 0.1) is 24.3 Å². The van der Waals surface area contributed by atoms with Crippen molar-refractivity contribution < 1.29 is 27.5 Å². The van der Waals surface area contributed by atoms with Gasteiger partial charge in [-0.25, -0.2) is 8.42 Å². The zero-order valence-corrected chi connectivity index (χ0v) is 26.0. The average molecular weight is 596 g/mol. The number of aryl methyl sites for hydroxylation is 1. The molecule has 0 saturated carbocycles. The second-order valence-electron chi connectivity index (χ2n) is 10.1. The van der Waals surface area contributed by atoms with Gasteiger partial charge in [-0.3, -0.25) is 13.9 Å². The highest BCUT2D eigenvalue weighted by molar-refractivity contribution is 7.92. The highest BCUT2D eigenvalue weighted by Gasteiger charge is 2.33. The molecule has 0 spiro atoms. The summed E-state index contributed by atoms with van der Waals surface area (Å²) in [6.07, 6.45) is 0.725. The van der Waals surface area contributed by atoms with E-state index in [4.69, 9.17) is 9.47 Å². The average Bonchev–Trinajstić information content (AvgIpc) is 2.99. The first-order valence-corrected chi connectivity index (χ1v) is 15.5. The number of methoxy groups -OCH3 is 1. The van der Waals surface area contributed by atoms with Gasteiger partial charge in [-0.15, -0.1) is 0 Å². The third kappa shape index (κ3) is 8.25. The van der Waals surface area contributed by atoms with Crippen LogP contribution in [-0.4, -0.2) is 57.5 Å². The number of carbonyl (C=O) groups is 2. The Labute approximate surface area is 249 Å². The molecule has 0 bridgehead atoms. The van der Waals surface area contributed by atoms with Gasteiger partial charge in [-0.1, -0.05) is 36.8 Å². The fourth-order valence-corrected chi connectivity index (χ4v) is 5.67. The third-order valence-electron chi connectivity index (χ3n) is 6.98. The standard InChI is InChI=1S/C32H41N3O6S/c1-7-24(4)33-32(37)25(5)34(21-26-10-9-11-29(20-26)40-6)31(36)22-35(27-14-16-28(17-15-27)41-8-2)42(38,39)30-18-12-23(3)13-19-30/h9-20,24-25H,7-8,21-22H2,1-6H3,(H,33,37)/t24-,25+/m0/s1. The summed E-state index contributed by atoms with van der Waals surface area (Å²) in [4.78, 5) is 28.7. The van der Waals surface area contributed by atoms with Crippen molar-refractivity contribution in [3.8, 4) is 11.5 Å². The minimum atomic E-state index is -4.15. The van der Waals surface area contributed by atoms with Crippen LogP contribution in [-0.2, 0) is 26.2 Å². The summed E-state index contributed by atoms with van der Waals surface area (Å²) in [5.74, 6) is 0.327. The van der Waals surface area contributed by atoms with Crippen molar-refractivity contribution >= 4 is 27.5 Å². The summed E-state index contributed by atoms with van der Waals surface area (Å²) in [6.45, 7) is 9.23. The van der Waals surface area contributed by atoms with Crippen molar-refractivity contribution in [2.24, 2.45) is 0 Å². The monoisotopic (exact) mass is 595 g/mol. The summed E-state index contributed by atoms with van der Waals surface area (Å²) in [6, 6.07) is 19.2. The van der Waals surface area contributed by atoms with Gasteiger partial charge in [0, 0.05) is 12.6 Å². The van der Waals surface area contributed by atoms with Gasteiger partial charge in [0.2, 0.25) is 11.8 Å². The lowest BCUT2D eigenvalue weighted by Crippen LogP contribution is -2.52. The van der Waals surface area contributed by atoms with E-state index in [1.807, 2.05) is 33.8 Å². The van der Waals surface area contributed by atoms with Crippen LogP contribution in [0.4, 0.5) is 5.69 Å². The molecule has 9 nitrogen and oxygen atoms in total. The zero-order valence-electron chi connectivity index (χ0n) is 25.2. The van der Waals surface area contributed by atoms with E-state index in [1.165, 1.54) is 17.0 Å². The molecule has 2 atom stereocenters. The minimum Gasteiger partial charge on any atom is -0.497 e. The van der Waals surface area contributed by atoms with Crippen LogP contribution in [0.1, 0.15) is 45.2 Å². The molecule has 0 unspecified atom stereocenters. The quantitative estimate of drug-likeness (QED) is 0.283. The molecular weight excluding hydrogens is 554 g/mol. The summed E-state index contributed by atoms with van der Waals surface area (Å²) >= 11 is 0. The Hall–Kier alpha value is -4.05. The third-order valence-corrected chi connectivity index (χ3v) is 8.77. The number of carbonyl (C=O) groups excluding carboxylic acids is 2. The first-order chi connectivity index (χ1) is 20.0. The lowest BCUT2D eigenvalue weighted by molar-refractivity contribution is -0.139. The zero-order chi connectivity index (χ0) is 30.9. The first kappa shape index (κ1) is 32.5. The first-order valence-electron chi connectivity index (χ1n) is 14.0. The summed E-state index contributed by atoms with van der Waals surface area (Å²) in [5, 5.41) is 2.93. The fraction of sp³-hybridized carbons (Fsp3) is 0.375. The van der Waals surface area contributed by atoms with Crippen LogP contribution in [0.5, 0.6) is 11.5 Å². The lowest BCUT2D eigenvalue weighted by Gasteiger charge is -2.32. The number of hydrogen-bond donors (Lipinski definition) is 1. The summed E-state index contributed by atoms with van der Waals surface area (Å²) < 4.78 is 39.9. The molecule has 1 N–H and O–H groups in total. The molecule has 0 aliphatic heterocycles. The fourth-order valence-electron chi connectivity index (χ4n) is 4.26. The Morgan fingerprint density at radius 3 is 2.19 bits per heavy atom. The molecule has 3 aromatic rings. The van der Waals surface area contributed by atoms with Crippen molar-refractivity contribution in [1.29, 1.82) is 0 Å². The molecule has 0 heterocycles. The smallest absolute Gasteiger partial charge is 0.264 e. The van der Waals surface area contributed by atoms with Crippen LogP contribution in [0.2, 0.25) is 0 Å².